The van der Waals surface area contributed by atoms with Crippen molar-refractivity contribution in [3.63, 3.8) is 0 Å². The maximum absolute atomic E-state index is 14.1. The van der Waals surface area contributed by atoms with Gasteiger partial charge in [0.2, 0.25) is 5.91 Å². The number of aliphatic carboxylic acids is 1. The Morgan fingerprint density at radius 2 is 1.88 bits per heavy atom. The van der Waals surface area contributed by atoms with E-state index in [2.05, 4.69) is 0 Å². The molecule has 1 N–H and O–H groups in total. The summed E-state index contributed by atoms with van der Waals surface area (Å²) >= 11 is 0. The standard InChI is InChI=1S/C19H26FNO3/c1-12-15(22)21(13(2)14-9-7-6-8-10-14)16(18(3,4)5)19(12,11-20)17(23)24/h6-10,12-13,16H,11H2,1-5H3,(H,23,24)/t12?,13-,16?,19+/m1/s1. The van der Waals surface area contributed by atoms with Crippen molar-refractivity contribution in [2.24, 2.45) is 16.7 Å². The van der Waals surface area contributed by atoms with Crippen molar-refractivity contribution in [3.05, 3.63) is 35.9 Å². The molecule has 1 saturated heterocycles. The van der Waals surface area contributed by atoms with E-state index in [-0.39, 0.29) is 11.9 Å². The van der Waals surface area contributed by atoms with Crippen LogP contribution in [0.3, 0.4) is 0 Å². The molecule has 24 heavy (non-hydrogen) atoms. The molecule has 0 spiro atoms. The van der Waals surface area contributed by atoms with Gasteiger partial charge in [-0.05, 0) is 17.9 Å². The number of carbonyl (C=O) groups is 2. The number of alkyl halides is 1. The average Bonchev–Trinajstić information content (AvgIpc) is 2.76. The summed E-state index contributed by atoms with van der Waals surface area (Å²) in [5.41, 5.74) is -1.39. The van der Waals surface area contributed by atoms with Gasteiger partial charge in [0, 0.05) is 0 Å². The summed E-state index contributed by atoms with van der Waals surface area (Å²) in [5.74, 6) is -2.45. The van der Waals surface area contributed by atoms with Crippen LogP contribution in [0.2, 0.25) is 0 Å². The van der Waals surface area contributed by atoms with Gasteiger partial charge in [0.05, 0.1) is 18.0 Å². The maximum Gasteiger partial charge on any atom is 0.315 e. The lowest BCUT2D eigenvalue weighted by Gasteiger charge is -2.44. The maximum atomic E-state index is 14.1. The zero-order chi connectivity index (χ0) is 18.3. The van der Waals surface area contributed by atoms with E-state index in [1.54, 1.807) is 4.90 Å². The van der Waals surface area contributed by atoms with Crippen LogP contribution in [0.1, 0.15) is 46.2 Å². The summed E-state index contributed by atoms with van der Waals surface area (Å²) in [6.45, 7) is 7.93. The van der Waals surface area contributed by atoms with Gasteiger partial charge in [-0.15, -0.1) is 0 Å². The number of hydrogen-bond acceptors (Lipinski definition) is 2. The van der Waals surface area contributed by atoms with E-state index >= 15 is 0 Å². The van der Waals surface area contributed by atoms with Crippen molar-refractivity contribution >= 4 is 11.9 Å². The molecule has 1 aromatic carbocycles. The highest BCUT2D eigenvalue weighted by Crippen LogP contribution is 2.52. The van der Waals surface area contributed by atoms with E-state index in [0.29, 0.717) is 0 Å². The van der Waals surface area contributed by atoms with Crippen LogP contribution in [0.4, 0.5) is 4.39 Å². The largest absolute Gasteiger partial charge is 0.481 e. The SMILES string of the molecule is CC1C(=O)N([C@H](C)c2ccccc2)C(C(C)(C)C)[C@@]1(CF)C(=O)O. The molecule has 4 atom stereocenters. The number of carboxylic acid groups (broad SMARTS) is 1. The predicted molar refractivity (Wildman–Crippen MR) is 90.2 cm³/mol. The highest BCUT2D eigenvalue weighted by atomic mass is 19.1. The van der Waals surface area contributed by atoms with E-state index in [4.69, 9.17) is 0 Å². The van der Waals surface area contributed by atoms with Gasteiger partial charge in [-0.25, -0.2) is 4.39 Å². The topological polar surface area (TPSA) is 57.6 Å². The molecule has 1 amide bonds. The Bertz CT molecular complexity index is 625. The number of carbonyl (C=O) groups excluding carboxylic acids is 1. The Hall–Kier alpha value is -1.91. The summed E-state index contributed by atoms with van der Waals surface area (Å²) in [4.78, 5) is 26.6. The Labute approximate surface area is 142 Å². The van der Waals surface area contributed by atoms with Gasteiger partial charge < -0.3 is 10.0 Å². The van der Waals surface area contributed by atoms with Crippen LogP contribution < -0.4 is 0 Å². The molecular weight excluding hydrogens is 309 g/mol. The third-order valence-electron chi connectivity index (χ3n) is 5.30. The summed E-state index contributed by atoms with van der Waals surface area (Å²) in [6.07, 6.45) is 0. The first-order valence-corrected chi connectivity index (χ1v) is 8.25. The van der Waals surface area contributed by atoms with E-state index in [1.165, 1.54) is 6.92 Å². The van der Waals surface area contributed by atoms with Crippen molar-refractivity contribution < 1.29 is 19.1 Å². The van der Waals surface area contributed by atoms with Crippen molar-refractivity contribution in [2.75, 3.05) is 6.67 Å². The van der Waals surface area contributed by atoms with Crippen molar-refractivity contribution in [2.45, 2.75) is 46.7 Å². The number of likely N-dealkylation sites (tertiary alicyclic amines) is 1. The zero-order valence-corrected chi connectivity index (χ0v) is 14.9. The quantitative estimate of drug-likeness (QED) is 0.913. The first-order valence-electron chi connectivity index (χ1n) is 8.25. The zero-order valence-electron chi connectivity index (χ0n) is 14.9. The molecule has 0 aromatic heterocycles. The number of amides is 1. The minimum atomic E-state index is -1.72. The fraction of sp³-hybridized carbons (Fsp3) is 0.579. The van der Waals surface area contributed by atoms with Crippen LogP contribution >= 0.6 is 0 Å². The summed E-state index contributed by atoms with van der Waals surface area (Å²) in [5, 5.41) is 9.84. The van der Waals surface area contributed by atoms with Crippen LogP contribution in [-0.2, 0) is 9.59 Å². The van der Waals surface area contributed by atoms with E-state index in [0.717, 1.165) is 5.56 Å². The van der Waals surface area contributed by atoms with Crippen LogP contribution in [0.25, 0.3) is 0 Å². The van der Waals surface area contributed by atoms with Gasteiger partial charge in [0.15, 0.2) is 0 Å². The smallest absolute Gasteiger partial charge is 0.315 e. The van der Waals surface area contributed by atoms with Gasteiger partial charge in [0.1, 0.15) is 12.1 Å². The third-order valence-corrected chi connectivity index (χ3v) is 5.30. The highest BCUT2D eigenvalue weighted by molar-refractivity contribution is 5.92. The fourth-order valence-corrected chi connectivity index (χ4v) is 4.10. The molecule has 2 rings (SSSR count). The molecule has 0 bridgehead atoms. The third kappa shape index (κ3) is 2.60. The molecule has 0 radical (unpaired) electrons. The fourth-order valence-electron chi connectivity index (χ4n) is 4.10. The Kier molecular flexibility index (Phi) is 4.75. The van der Waals surface area contributed by atoms with Crippen LogP contribution in [0.15, 0.2) is 30.3 Å². The molecule has 132 valence electrons. The summed E-state index contributed by atoms with van der Waals surface area (Å²) in [7, 11) is 0. The monoisotopic (exact) mass is 335 g/mol. The molecule has 1 aliphatic heterocycles. The van der Waals surface area contributed by atoms with Gasteiger partial charge in [-0.2, -0.15) is 0 Å². The van der Waals surface area contributed by atoms with Crippen LogP contribution in [-0.4, -0.2) is 34.6 Å². The van der Waals surface area contributed by atoms with E-state index < -0.39 is 35.4 Å². The number of halogens is 1. The minimum Gasteiger partial charge on any atom is -0.481 e. The van der Waals surface area contributed by atoms with Gasteiger partial charge in [-0.3, -0.25) is 9.59 Å². The molecule has 1 heterocycles. The number of hydrogen-bond donors (Lipinski definition) is 1. The van der Waals surface area contributed by atoms with Crippen molar-refractivity contribution in [3.8, 4) is 0 Å². The molecular formula is C19H26FNO3. The van der Waals surface area contributed by atoms with Crippen molar-refractivity contribution in [1.29, 1.82) is 0 Å². The lowest BCUT2D eigenvalue weighted by atomic mass is 9.66. The highest BCUT2D eigenvalue weighted by Gasteiger charge is 2.66. The number of rotatable bonds is 4. The number of benzene rings is 1. The summed E-state index contributed by atoms with van der Waals surface area (Å²) in [6, 6.07) is 8.39. The molecule has 1 fully saturated rings. The summed E-state index contributed by atoms with van der Waals surface area (Å²) < 4.78 is 14.1. The van der Waals surface area contributed by atoms with Crippen molar-refractivity contribution in [1.82, 2.24) is 4.90 Å². The number of carboxylic acids is 1. The van der Waals surface area contributed by atoms with Gasteiger partial charge in [-0.1, -0.05) is 58.0 Å². The molecule has 0 aliphatic carbocycles. The molecule has 0 saturated carbocycles. The van der Waals surface area contributed by atoms with Crippen LogP contribution in [0, 0.1) is 16.7 Å². The normalized spacial score (nSPS) is 28.9. The van der Waals surface area contributed by atoms with E-state index in [1.807, 2.05) is 58.0 Å². The Morgan fingerprint density at radius 1 is 1.33 bits per heavy atom. The molecule has 2 unspecified atom stereocenters. The Morgan fingerprint density at radius 3 is 2.29 bits per heavy atom. The average molecular weight is 335 g/mol. The second-order valence-electron chi connectivity index (χ2n) is 7.80. The lowest BCUT2D eigenvalue weighted by molar-refractivity contribution is -0.157. The first-order chi connectivity index (χ1) is 11.1. The molecule has 1 aliphatic rings. The molecule has 1 aromatic rings. The lowest BCUT2D eigenvalue weighted by Crippen LogP contribution is -2.55. The molecule has 5 heteroatoms. The molecule has 4 nitrogen and oxygen atoms in total. The van der Waals surface area contributed by atoms with Gasteiger partial charge >= 0.3 is 5.97 Å². The Balaban J connectivity index is 2.62. The minimum absolute atomic E-state index is 0.300. The van der Waals surface area contributed by atoms with Gasteiger partial charge in [0.25, 0.3) is 0 Å². The second kappa shape index (κ2) is 6.19. The second-order valence-corrected chi connectivity index (χ2v) is 7.80. The number of nitrogens with zero attached hydrogens (tertiary/aromatic N) is 1. The predicted octanol–water partition coefficient (Wildman–Crippen LogP) is 3.68. The van der Waals surface area contributed by atoms with Crippen LogP contribution in [0.5, 0.6) is 0 Å². The van der Waals surface area contributed by atoms with E-state index in [9.17, 15) is 19.1 Å². The first kappa shape index (κ1) is 18.4.